The molecule has 1 unspecified atom stereocenters. The van der Waals surface area contributed by atoms with Gasteiger partial charge in [0.15, 0.2) is 0 Å². The highest BCUT2D eigenvalue weighted by Crippen LogP contribution is 2.34. The van der Waals surface area contributed by atoms with Crippen molar-refractivity contribution in [2.75, 3.05) is 12.4 Å². The molecule has 0 aromatic heterocycles. The largest absolute Gasteiger partial charge is 0.372 e. The van der Waals surface area contributed by atoms with Crippen LogP contribution in [0.25, 0.3) is 0 Å². The van der Waals surface area contributed by atoms with Crippen molar-refractivity contribution in [2.45, 2.75) is 44.6 Å². The second-order valence-corrected chi connectivity index (χ2v) is 5.50. The maximum Gasteiger partial charge on any atom is 0.241 e. The second-order valence-electron chi connectivity index (χ2n) is 5.50. The van der Waals surface area contributed by atoms with Crippen LogP contribution in [0.3, 0.4) is 0 Å². The highest BCUT2D eigenvalue weighted by Gasteiger charge is 2.24. The van der Waals surface area contributed by atoms with Gasteiger partial charge in [-0.05, 0) is 37.3 Å². The molecule has 1 atom stereocenters. The maximum absolute atomic E-state index is 14.6. The van der Waals surface area contributed by atoms with E-state index < -0.39 is 6.04 Å². The molecule has 4 nitrogen and oxygen atoms in total. The van der Waals surface area contributed by atoms with Crippen LogP contribution in [0, 0.1) is 5.82 Å². The first kappa shape index (κ1) is 15.5. The summed E-state index contributed by atoms with van der Waals surface area (Å²) in [5.41, 5.74) is 0.970. The van der Waals surface area contributed by atoms with E-state index in [4.69, 9.17) is 0 Å². The van der Waals surface area contributed by atoms with E-state index in [0.29, 0.717) is 36.9 Å². The summed E-state index contributed by atoms with van der Waals surface area (Å²) >= 11 is 0. The van der Waals surface area contributed by atoms with Crippen molar-refractivity contribution < 1.29 is 14.0 Å². The van der Waals surface area contributed by atoms with Crippen molar-refractivity contribution in [3.05, 3.63) is 29.6 Å². The molecule has 0 spiro atoms. The molecule has 0 bridgehead atoms. The molecule has 1 aliphatic rings. The van der Waals surface area contributed by atoms with E-state index in [2.05, 4.69) is 10.6 Å². The molecular formula is C16H21FN2O2. The van der Waals surface area contributed by atoms with Crippen molar-refractivity contribution in [2.24, 2.45) is 0 Å². The molecule has 1 aliphatic carbocycles. The monoisotopic (exact) mass is 292 g/mol. The molecule has 5 heteroatoms. The number of hydrogen-bond donors (Lipinski definition) is 2. The summed E-state index contributed by atoms with van der Waals surface area (Å²) in [5.74, 6) is -0.162. The summed E-state index contributed by atoms with van der Waals surface area (Å²) in [6, 6.07) is 4.68. The molecule has 1 amide bonds. The Labute approximate surface area is 124 Å². The van der Waals surface area contributed by atoms with Gasteiger partial charge in [-0.3, -0.25) is 9.59 Å². The fourth-order valence-corrected chi connectivity index (χ4v) is 2.74. The van der Waals surface area contributed by atoms with Gasteiger partial charge in [-0.15, -0.1) is 0 Å². The van der Waals surface area contributed by atoms with E-state index in [1.165, 1.54) is 0 Å². The fourth-order valence-electron chi connectivity index (χ4n) is 2.74. The first-order valence-corrected chi connectivity index (χ1v) is 7.31. The van der Waals surface area contributed by atoms with Gasteiger partial charge in [0, 0.05) is 19.9 Å². The number of carbonyl (C=O) groups is 2. The van der Waals surface area contributed by atoms with Crippen molar-refractivity contribution in [1.82, 2.24) is 5.32 Å². The van der Waals surface area contributed by atoms with Crippen LogP contribution in [0.5, 0.6) is 0 Å². The van der Waals surface area contributed by atoms with Crippen molar-refractivity contribution in [3.8, 4) is 0 Å². The van der Waals surface area contributed by atoms with Gasteiger partial charge < -0.3 is 10.6 Å². The van der Waals surface area contributed by atoms with E-state index in [1.807, 2.05) is 0 Å². The Hall–Kier alpha value is -1.91. The zero-order chi connectivity index (χ0) is 15.4. The minimum absolute atomic E-state index is 0.0831. The number of nitrogens with one attached hydrogen (secondary N) is 2. The average Bonchev–Trinajstić information content (AvgIpc) is 2.49. The van der Waals surface area contributed by atoms with Crippen molar-refractivity contribution in [1.29, 1.82) is 0 Å². The van der Waals surface area contributed by atoms with Crippen molar-refractivity contribution >= 4 is 17.4 Å². The number of likely N-dealkylation sites (N-methyl/N-ethyl adjacent to an activating group) is 1. The molecule has 2 rings (SSSR count). The van der Waals surface area contributed by atoms with Crippen LogP contribution in [0.2, 0.25) is 0 Å². The van der Waals surface area contributed by atoms with E-state index in [9.17, 15) is 14.0 Å². The molecule has 0 radical (unpaired) electrons. The van der Waals surface area contributed by atoms with Crippen LogP contribution in [-0.4, -0.2) is 24.8 Å². The number of Topliss-reactive ketones (excluding diaryl/α,β-unsaturated/α-hetero) is 1. The Bertz CT molecular complexity index is 535. The molecule has 1 fully saturated rings. The molecule has 1 aromatic carbocycles. The van der Waals surface area contributed by atoms with Gasteiger partial charge >= 0.3 is 0 Å². The van der Waals surface area contributed by atoms with Crippen LogP contribution in [0.1, 0.15) is 44.1 Å². The van der Waals surface area contributed by atoms with Gasteiger partial charge in [-0.2, -0.15) is 0 Å². The van der Waals surface area contributed by atoms with E-state index in [0.717, 1.165) is 0 Å². The first-order chi connectivity index (χ1) is 10.0. The van der Waals surface area contributed by atoms with Gasteiger partial charge in [0.1, 0.15) is 17.6 Å². The Kier molecular flexibility index (Phi) is 4.94. The number of amides is 1. The molecular weight excluding hydrogens is 271 g/mol. The SMILES string of the molecule is CNC(=O)C(C)Nc1cccc(C2CCC(=O)CC2)c1F. The zero-order valence-corrected chi connectivity index (χ0v) is 12.4. The fraction of sp³-hybridized carbons (Fsp3) is 0.500. The minimum Gasteiger partial charge on any atom is -0.372 e. The van der Waals surface area contributed by atoms with Crippen LogP contribution < -0.4 is 10.6 Å². The van der Waals surface area contributed by atoms with E-state index >= 15 is 0 Å². The third-order valence-corrected chi connectivity index (χ3v) is 4.02. The van der Waals surface area contributed by atoms with Crippen LogP contribution in [0.4, 0.5) is 10.1 Å². The highest BCUT2D eigenvalue weighted by atomic mass is 19.1. The lowest BCUT2D eigenvalue weighted by atomic mass is 9.83. The quantitative estimate of drug-likeness (QED) is 0.897. The number of rotatable bonds is 4. The average molecular weight is 292 g/mol. The molecule has 21 heavy (non-hydrogen) atoms. The maximum atomic E-state index is 14.6. The molecule has 1 saturated carbocycles. The van der Waals surface area contributed by atoms with Crippen LogP contribution in [-0.2, 0) is 9.59 Å². The number of halogens is 1. The summed E-state index contributed by atoms with van der Waals surface area (Å²) in [6.45, 7) is 1.68. The summed E-state index contributed by atoms with van der Waals surface area (Å²) in [7, 11) is 1.55. The predicted molar refractivity (Wildman–Crippen MR) is 79.8 cm³/mol. The lowest BCUT2D eigenvalue weighted by Gasteiger charge is -2.23. The normalized spacial score (nSPS) is 17.4. The number of benzene rings is 1. The standard InChI is InChI=1S/C16H21FN2O2/c1-10(16(21)18-2)19-14-5-3-4-13(15(14)17)11-6-8-12(20)9-7-11/h3-5,10-11,19H,6-9H2,1-2H3,(H,18,21). The lowest BCUT2D eigenvalue weighted by Crippen LogP contribution is -2.35. The Balaban J connectivity index is 2.16. The number of ketones is 1. The second kappa shape index (κ2) is 6.70. The van der Waals surface area contributed by atoms with Crippen molar-refractivity contribution in [3.63, 3.8) is 0 Å². The van der Waals surface area contributed by atoms with E-state index in [1.54, 1.807) is 32.2 Å². The van der Waals surface area contributed by atoms with Crippen LogP contribution >= 0.6 is 0 Å². The molecule has 0 saturated heterocycles. The first-order valence-electron chi connectivity index (χ1n) is 7.31. The predicted octanol–water partition coefficient (Wildman–Crippen LogP) is 2.60. The summed E-state index contributed by atoms with van der Waals surface area (Å²) < 4.78 is 14.6. The molecule has 0 aliphatic heterocycles. The molecule has 0 heterocycles. The Morgan fingerprint density at radius 2 is 2.00 bits per heavy atom. The van der Waals surface area contributed by atoms with Gasteiger partial charge in [-0.1, -0.05) is 12.1 Å². The number of anilines is 1. The third kappa shape index (κ3) is 3.60. The lowest BCUT2D eigenvalue weighted by molar-refractivity contribution is -0.121. The van der Waals surface area contributed by atoms with Gasteiger partial charge in [0.2, 0.25) is 5.91 Å². The van der Waals surface area contributed by atoms with E-state index in [-0.39, 0.29) is 23.4 Å². The summed E-state index contributed by atoms with van der Waals surface area (Å²) in [4.78, 5) is 22.8. The van der Waals surface area contributed by atoms with Crippen LogP contribution in [0.15, 0.2) is 18.2 Å². The van der Waals surface area contributed by atoms with Gasteiger partial charge in [0.05, 0.1) is 5.69 Å². The summed E-state index contributed by atoms with van der Waals surface area (Å²) in [5, 5.41) is 5.42. The molecule has 1 aromatic rings. The number of hydrogen-bond acceptors (Lipinski definition) is 3. The Morgan fingerprint density at radius 1 is 1.33 bits per heavy atom. The smallest absolute Gasteiger partial charge is 0.241 e. The summed E-state index contributed by atoms with van der Waals surface area (Å²) in [6.07, 6.45) is 2.45. The zero-order valence-electron chi connectivity index (χ0n) is 12.4. The molecule has 114 valence electrons. The van der Waals surface area contributed by atoms with Gasteiger partial charge in [-0.25, -0.2) is 4.39 Å². The third-order valence-electron chi connectivity index (χ3n) is 4.02. The number of carbonyl (C=O) groups excluding carboxylic acids is 2. The Morgan fingerprint density at radius 3 is 2.62 bits per heavy atom. The topological polar surface area (TPSA) is 58.2 Å². The molecule has 2 N–H and O–H groups in total. The van der Waals surface area contributed by atoms with Gasteiger partial charge in [0.25, 0.3) is 0 Å². The highest BCUT2D eigenvalue weighted by molar-refractivity contribution is 5.84. The minimum atomic E-state index is -0.507.